The predicted octanol–water partition coefficient (Wildman–Crippen LogP) is 5.23. The topological polar surface area (TPSA) is 102 Å². The normalized spacial score (nSPS) is 11.0. The third-order valence-electron chi connectivity index (χ3n) is 5.51. The van der Waals surface area contributed by atoms with E-state index in [1.165, 1.54) is 34.9 Å². The van der Waals surface area contributed by atoms with Crippen molar-refractivity contribution in [3.8, 4) is 11.4 Å². The van der Waals surface area contributed by atoms with Gasteiger partial charge in [0.2, 0.25) is 11.8 Å². The molecule has 2 N–H and O–H groups in total. The van der Waals surface area contributed by atoms with E-state index in [0.717, 1.165) is 31.5 Å². The third kappa shape index (κ3) is 6.60. The minimum absolute atomic E-state index is 0.0395. The molecule has 3 aromatic carbocycles. The fourth-order valence-corrected chi connectivity index (χ4v) is 6.27. The first-order chi connectivity index (χ1) is 18.5. The van der Waals surface area contributed by atoms with Crippen LogP contribution in [0.1, 0.15) is 5.56 Å². The van der Waals surface area contributed by atoms with E-state index < -0.39 is 0 Å². The molecule has 0 aliphatic heterocycles. The van der Waals surface area contributed by atoms with Crippen LogP contribution in [0.5, 0.6) is 0 Å². The lowest BCUT2D eigenvalue weighted by atomic mass is 10.2. The molecule has 0 fully saturated rings. The number of carbonyl (C=O) groups excluding carboxylic acids is 2. The summed E-state index contributed by atoms with van der Waals surface area (Å²) in [6.07, 6.45) is 0. The van der Waals surface area contributed by atoms with Crippen molar-refractivity contribution in [2.24, 2.45) is 7.05 Å². The zero-order chi connectivity index (χ0) is 26.3. The number of aromatic nitrogens is 4. The summed E-state index contributed by atoms with van der Waals surface area (Å²) in [4.78, 5) is 29.4. The van der Waals surface area contributed by atoms with Crippen molar-refractivity contribution in [2.45, 2.75) is 16.0 Å². The van der Waals surface area contributed by atoms with E-state index in [0.29, 0.717) is 23.1 Å². The number of benzene rings is 3. The number of anilines is 1. The zero-order valence-electron chi connectivity index (χ0n) is 20.5. The summed E-state index contributed by atoms with van der Waals surface area (Å²) < 4.78 is 3.64. The quantitative estimate of drug-likeness (QED) is 0.226. The Morgan fingerprint density at radius 3 is 2.42 bits per heavy atom. The molecule has 11 heteroatoms. The highest BCUT2D eigenvalue weighted by Gasteiger charge is 2.14. The molecule has 0 aliphatic rings. The Bertz CT molecular complexity index is 1550. The van der Waals surface area contributed by atoms with Crippen molar-refractivity contribution >= 4 is 62.6 Å². The van der Waals surface area contributed by atoms with Gasteiger partial charge in [0.1, 0.15) is 0 Å². The number of nitrogens with zero attached hydrogens (tertiary/aromatic N) is 4. The molecule has 0 saturated carbocycles. The van der Waals surface area contributed by atoms with Gasteiger partial charge >= 0.3 is 0 Å². The van der Waals surface area contributed by atoms with Crippen LogP contribution in [-0.4, -0.2) is 43.1 Å². The molecule has 192 valence electrons. The monoisotopic (exact) mass is 560 g/mol. The Balaban J connectivity index is 1.12. The molecule has 0 unspecified atom stereocenters. The molecule has 0 bridgehead atoms. The minimum Gasteiger partial charge on any atom is -0.351 e. The summed E-state index contributed by atoms with van der Waals surface area (Å²) in [7, 11) is 1.89. The van der Waals surface area contributed by atoms with E-state index >= 15 is 0 Å². The summed E-state index contributed by atoms with van der Waals surface area (Å²) >= 11 is 4.24. The predicted molar refractivity (Wildman–Crippen MR) is 154 cm³/mol. The molecule has 0 atom stereocenters. The molecule has 2 aromatic heterocycles. The van der Waals surface area contributed by atoms with Crippen molar-refractivity contribution in [1.29, 1.82) is 0 Å². The second-order valence-electron chi connectivity index (χ2n) is 8.28. The van der Waals surface area contributed by atoms with E-state index in [-0.39, 0.29) is 17.6 Å². The number of nitrogens with one attached hydrogen (secondary N) is 2. The largest absolute Gasteiger partial charge is 0.351 e. The number of amides is 2. The van der Waals surface area contributed by atoms with Crippen LogP contribution < -0.4 is 10.6 Å². The van der Waals surface area contributed by atoms with E-state index in [1.807, 2.05) is 90.5 Å². The number of thiazole rings is 1. The second-order valence-corrected chi connectivity index (χ2v) is 11.5. The van der Waals surface area contributed by atoms with Crippen molar-refractivity contribution in [3.05, 3.63) is 84.4 Å². The van der Waals surface area contributed by atoms with Crippen molar-refractivity contribution in [2.75, 3.05) is 16.8 Å². The van der Waals surface area contributed by atoms with Gasteiger partial charge in [-0.15, -0.1) is 21.5 Å². The van der Waals surface area contributed by atoms with Crippen LogP contribution in [0.4, 0.5) is 5.69 Å². The molecule has 2 heterocycles. The van der Waals surface area contributed by atoms with E-state index in [9.17, 15) is 9.59 Å². The van der Waals surface area contributed by atoms with Crippen molar-refractivity contribution < 1.29 is 9.59 Å². The summed E-state index contributed by atoms with van der Waals surface area (Å²) in [5.41, 5.74) is 3.57. The number of hydrogen-bond donors (Lipinski definition) is 2. The first-order valence-electron chi connectivity index (χ1n) is 11.8. The summed E-state index contributed by atoms with van der Waals surface area (Å²) in [6.45, 7) is 0.506. The van der Waals surface area contributed by atoms with Gasteiger partial charge in [0, 0.05) is 24.8 Å². The maximum atomic E-state index is 12.6. The number of fused-ring (bicyclic) bond motifs is 1. The zero-order valence-corrected chi connectivity index (χ0v) is 22.9. The first-order valence-corrected chi connectivity index (χ1v) is 14.6. The fourth-order valence-electron chi connectivity index (χ4n) is 3.62. The fraction of sp³-hybridized carbons (Fsp3) is 0.148. The van der Waals surface area contributed by atoms with Crippen molar-refractivity contribution in [3.63, 3.8) is 0 Å². The average molecular weight is 561 g/mol. The van der Waals surface area contributed by atoms with E-state index in [4.69, 9.17) is 0 Å². The highest BCUT2D eigenvalue weighted by Crippen LogP contribution is 2.31. The van der Waals surface area contributed by atoms with Gasteiger partial charge in [-0.2, -0.15) is 0 Å². The van der Waals surface area contributed by atoms with Crippen LogP contribution in [0, 0.1) is 0 Å². The van der Waals surface area contributed by atoms with Crippen LogP contribution >= 0.6 is 34.9 Å². The summed E-state index contributed by atoms with van der Waals surface area (Å²) in [5, 5.41) is 15.0. The smallest absolute Gasteiger partial charge is 0.234 e. The van der Waals surface area contributed by atoms with Crippen LogP contribution in [0.25, 0.3) is 21.6 Å². The molecule has 5 aromatic rings. The Kier molecular flexibility index (Phi) is 8.37. The summed E-state index contributed by atoms with van der Waals surface area (Å²) in [6, 6.07) is 25.2. The third-order valence-corrected chi connectivity index (χ3v) is 8.69. The van der Waals surface area contributed by atoms with Gasteiger partial charge < -0.3 is 15.2 Å². The number of thioether (sulfide) groups is 2. The number of rotatable bonds is 10. The van der Waals surface area contributed by atoms with E-state index in [2.05, 4.69) is 25.8 Å². The van der Waals surface area contributed by atoms with Crippen molar-refractivity contribution in [1.82, 2.24) is 25.1 Å². The molecule has 5 rings (SSSR count). The SMILES string of the molecule is Cn1c(SCC(=O)Nc2ccc3nc(SCC(=O)NCc4ccccc4)sc3c2)nnc1-c1ccccc1. The van der Waals surface area contributed by atoms with Gasteiger partial charge in [0.25, 0.3) is 0 Å². The number of hydrogen-bond acceptors (Lipinski definition) is 8. The van der Waals surface area contributed by atoms with Crippen LogP contribution in [0.15, 0.2) is 88.4 Å². The number of carbonyl (C=O) groups is 2. The van der Waals surface area contributed by atoms with Crippen LogP contribution in [0.3, 0.4) is 0 Å². The Hall–Kier alpha value is -3.67. The molecular formula is C27H24N6O2S3. The van der Waals surface area contributed by atoms with E-state index in [1.54, 1.807) is 0 Å². The van der Waals surface area contributed by atoms with Crippen LogP contribution in [-0.2, 0) is 23.2 Å². The average Bonchev–Trinajstić information content (AvgIpc) is 3.53. The minimum atomic E-state index is -0.132. The Labute approximate surface area is 232 Å². The molecule has 2 amide bonds. The van der Waals surface area contributed by atoms with Gasteiger partial charge in [-0.25, -0.2) is 4.98 Å². The molecule has 8 nitrogen and oxygen atoms in total. The van der Waals surface area contributed by atoms with Gasteiger partial charge in [-0.1, -0.05) is 84.2 Å². The Morgan fingerprint density at radius 2 is 1.63 bits per heavy atom. The highest BCUT2D eigenvalue weighted by molar-refractivity contribution is 8.01. The van der Waals surface area contributed by atoms with Crippen LogP contribution in [0.2, 0.25) is 0 Å². The molecule has 38 heavy (non-hydrogen) atoms. The van der Waals surface area contributed by atoms with Gasteiger partial charge in [0.15, 0.2) is 15.3 Å². The lowest BCUT2D eigenvalue weighted by Gasteiger charge is -2.06. The van der Waals surface area contributed by atoms with Gasteiger partial charge in [-0.05, 0) is 23.8 Å². The molecule has 0 aliphatic carbocycles. The Morgan fingerprint density at radius 1 is 0.895 bits per heavy atom. The highest BCUT2D eigenvalue weighted by atomic mass is 32.2. The van der Waals surface area contributed by atoms with Gasteiger partial charge in [0.05, 0.1) is 21.7 Å². The molecular weight excluding hydrogens is 537 g/mol. The maximum absolute atomic E-state index is 12.6. The molecule has 0 spiro atoms. The maximum Gasteiger partial charge on any atom is 0.234 e. The molecule has 0 saturated heterocycles. The standard InChI is InChI=1S/C27H24N6O2S3/c1-33-25(19-10-6-3-7-11-19)31-32-26(33)36-17-24(35)29-20-12-13-21-22(14-20)38-27(30-21)37-16-23(34)28-15-18-8-4-2-5-9-18/h2-14H,15-17H2,1H3,(H,28,34)(H,29,35). The lowest BCUT2D eigenvalue weighted by Crippen LogP contribution is -2.24. The van der Waals surface area contributed by atoms with Gasteiger partial charge in [-0.3, -0.25) is 9.59 Å². The lowest BCUT2D eigenvalue weighted by molar-refractivity contribution is -0.118. The molecule has 0 radical (unpaired) electrons. The first kappa shape index (κ1) is 26.0. The summed E-state index contributed by atoms with van der Waals surface area (Å²) in [5.74, 6) is 1.09. The second kappa shape index (κ2) is 12.2.